The fourth-order valence-electron chi connectivity index (χ4n) is 2.14. The molecule has 0 spiro atoms. The second-order valence-electron chi connectivity index (χ2n) is 4.07. The highest BCUT2D eigenvalue weighted by Gasteiger charge is 2.13. The zero-order valence-corrected chi connectivity index (χ0v) is 9.55. The summed E-state index contributed by atoms with van der Waals surface area (Å²) in [5.41, 5.74) is 1.96. The number of rotatable bonds is 1. The highest BCUT2D eigenvalue weighted by Crippen LogP contribution is 2.28. The molecule has 0 amide bonds. The van der Waals surface area contributed by atoms with Gasteiger partial charge in [0, 0.05) is 22.4 Å². The summed E-state index contributed by atoms with van der Waals surface area (Å²) in [6.07, 6.45) is 1.55. The summed E-state index contributed by atoms with van der Waals surface area (Å²) in [6.45, 7) is 0. The predicted octanol–water partition coefficient (Wildman–Crippen LogP) is 3.17. The molecule has 0 radical (unpaired) electrons. The maximum absolute atomic E-state index is 13.8. The summed E-state index contributed by atoms with van der Waals surface area (Å²) in [5.74, 6) is -0.265. The molecule has 0 saturated heterocycles. The lowest BCUT2D eigenvalue weighted by Gasteiger charge is -2.05. The van der Waals surface area contributed by atoms with Crippen LogP contribution in [0.3, 0.4) is 0 Å². The molecule has 2 aromatic carbocycles. The summed E-state index contributed by atoms with van der Waals surface area (Å²) in [5, 5.41) is 10.5. The molecule has 1 aromatic heterocycles. The molecule has 2 nitrogen and oxygen atoms in total. The van der Waals surface area contributed by atoms with E-state index in [2.05, 4.69) is 0 Å². The van der Waals surface area contributed by atoms with Gasteiger partial charge in [-0.3, -0.25) is 5.21 Å². The van der Waals surface area contributed by atoms with Crippen molar-refractivity contribution < 1.29 is 14.3 Å². The van der Waals surface area contributed by atoms with Crippen LogP contribution in [0, 0.1) is 5.82 Å². The average molecular weight is 240 g/mol. The molecule has 3 heteroatoms. The topological polar surface area (TPSA) is 24.1 Å². The van der Waals surface area contributed by atoms with Crippen molar-refractivity contribution in [3.8, 4) is 11.1 Å². The monoisotopic (exact) mass is 240 g/mol. The standard InChI is InChI=1S/C15H11FNO/c16-14-8-2-1-5-12(14)11-6-3-9-15-13(11)7-4-10-17(15)18/h1-10,18H/q+1. The van der Waals surface area contributed by atoms with Crippen molar-refractivity contribution in [2.24, 2.45) is 0 Å². The van der Waals surface area contributed by atoms with Crippen molar-refractivity contribution in [1.82, 2.24) is 0 Å². The zero-order valence-electron chi connectivity index (χ0n) is 9.55. The number of fused-ring (bicyclic) bond motifs is 1. The first-order valence-electron chi connectivity index (χ1n) is 5.65. The fourth-order valence-corrected chi connectivity index (χ4v) is 2.14. The van der Waals surface area contributed by atoms with Gasteiger partial charge in [0.25, 0.3) is 5.52 Å². The van der Waals surface area contributed by atoms with E-state index in [0.717, 1.165) is 15.7 Å². The van der Waals surface area contributed by atoms with Crippen LogP contribution in [0.2, 0.25) is 0 Å². The fraction of sp³-hybridized carbons (Fsp3) is 0. The molecule has 0 bridgehead atoms. The van der Waals surface area contributed by atoms with Gasteiger partial charge in [0.05, 0.1) is 5.39 Å². The van der Waals surface area contributed by atoms with Crippen LogP contribution in [0.1, 0.15) is 0 Å². The predicted molar refractivity (Wildman–Crippen MR) is 66.7 cm³/mol. The van der Waals surface area contributed by atoms with Crippen LogP contribution in [0.4, 0.5) is 4.39 Å². The molecule has 0 unspecified atom stereocenters. The second-order valence-corrected chi connectivity index (χ2v) is 4.07. The largest absolute Gasteiger partial charge is 0.285 e. The molecular formula is C15H11FNO+. The molecule has 1 heterocycles. The van der Waals surface area contributed by atoms with Gasteiger partial charge in [-0.25, -0.2) is 4.39 Å². The molecule has 18 heavy (non-hydrogen) atoms. The number of hydrogen-bond acceptors (Lipinski definition) is 1. The summed E-state index contributed by atoms with van der Waals surface area (Å²) in [6, 6.07) is 15.7. The Morgan fingerprint density at radius 1 is 0.833 bits per heavy atom. The van der Waals surface area contributed by atoms with Gasteiger partial charge >= 0.3 is 0 Å². The van der Waals surface area contributed by atoms with E-state index in [9.17, 15) is 9.60 Å². The Morgan fingerprint density at radius 3 is 2.44 bits per heavy atom. The molecule has 0 aliphatic rings. The van der Waals surface area contributed by atoms with Gasteiger partial charge < -0.3 is 0 Å². The van der Waals surface area contributed by atoms with Crippen LogP contribution >= 0.6 is 0 Å². The Morgan fingerprint density at radius 2 is 1.61 bits per heavy atom. The van der Waals surface area contributed by atoms with Gasteiger partial charge in [0.1, 0.15) is 5.82 Å². The van der Waals surface area contributed by atoms with Crippen molar-refractivity contribution in [1.29, 1.82) is 0 Å². The maximum Gasteiger partial charge on any atom is 0.265 e. The molecular weight excluding hydrogens is 229 g/mol. The van der Waals surface area contributed by atoms with Gasteiger partial charge in [-0.05, 0) is 17.7 Å². The van der Waals surface area contributed by atoms with Crippen molar-refractivity contribution in [3.05, 3.63) is 66.6 Å². The third kappa shape index (κ3) is 1.61. The van der Waals surface area contributed by atoms with Gasteiger partial charge in [-0.15, -0.1) is 0 Å². The van der Waals surface area contributed by atoms with Crippen LogP contribution in [-0.4, -0.2) is 5.21 Å². The Balaban J connectivity index is 2.37. The normalized spacial score (nSPS) is 10.7. The van der Waals surface area contributed by atoms with E-state index in [0.29, 0.717) is 11.1 Å². The number of nitrogens with zero attached hydrogens (tertiary/aromatic N) is 1. The first-order chi connectivity index (χ1) is 8.77. The maximum atomic E-state index is 13.8. The molecule has 88 valence electrons. The van der Waals surface area contributed by atoms with Crippen LogP contribution in [0.25, 0.3) is 22.0 Å². The van der Waals surface area contributed by atoms with Gasteiger partial charge in [0.2, 0.25) is 6.20 Å². The van der Waals surface area contributed by atoms with Gasteiger partial charge in [0.15, 0.2) is 0 Å². The molecule has 1 N–H and O–H groups in total. The summed E-state index contributed by atoms with van der Waals surface area (Å²) in [4.78, 5) is 0. The molecule has 3 aromatic rings. The lowest BCUT2D eigenvalue weighted by molar-refractivity contribution is -0.884. The number of pyridine rings is 1. The van der Waals surface area contributed by atoms with E-state index < -0.39 is 0 Å². The van der Waals surface area contributed by atoms with Gasteiger partial charge in [-0.1, -0.05) is 30.3 Å². The van der Waals surface area contributed by atoms with Crippen LogP contribution in [0.5, 0.6) is 0 Å². The number of aromatic nitrogens is 1. The number of benzene rings is 2. The second kappa shape index (κ2) is 4.11. The minimum atomic E-state index is -0.265. The van der Waals surface area contributed by atoms with E-state index in [1.54, 1.807) is 42.6 Å². The first kappa shape index (κ1) is 10.7. The number of hydrogen-bond donors (Lipinski definition) is 1. The summed E-state index contributed by atoms with van der Waals surface area (Å²) in [7, 11) is 0. The third-order valence-corrected chi connectivity index (χ3v) is 2.98. The van der Waals surface area contributed by atoms with E-state index in [4.69, 9.17) is 0 Å². The Labute approximate surface area is 104 Å². The minimum absolute atomic E-state index is 0.265. The van der Waals surface area contributed by atoms with Crippen molar-refractivity contribution in [3.63, 3.8) is 0 Å². The lowest BCUT2D eigenvalue weighted by Crippen LogP contribution is -2.29. The van der Waals surface area contributed by atoms with E-state index in [-0.39, 0.29) is 5.82 Å². The minimum Gasteiger partial charge on any atom is -0.285 e. The molecule has 0 atom stereocenters. The van der Waals surface area contributed by atoms with E-state index in [1.807, 2.05) is 12.1 Å². The smallest absolute Gasteiger partial charge is 0.265 e. The molecule has 0 saturated carbocycles. The summed E-state index contributed by atoms with van der Waals surface area (Å²) >= 11 is 0. The first-order valence-corrected chi connectivity index (χ1v) is 5.65. The lowest BCUT2D eigenvalue weighted by atomic mass is 10.0. The SMILES string of the molecule is O[n+]1cccc2c(-c3ccccc3F)cccc21. The highest BCUT2D eigenvalue weighted by atomic mass is 19.1. The van der Waals surface area contributed by atoms with E-state index in [1.165, 1.54) is 6.07 Å². The zero-order chi connectivity index (χ0) is 12.5. The Kier molecular flexibility index (Phi) is 2.45. The van der Waals surface area contributed by atoms with Crippen LogP contribution in [-0.2, 0) is 0 Å². The van der Waals surface area contributed by atoms with Crippen LogP contribution < -0.4 is 4.73 Å². The highest BCUT2D eigenvalue weighted by molar-refractivity contribution is 5.93. The molecule has 3 rings (SSSR count). The molecule has 0 aliphatic heterocycles. The third-order valence-electron chi connectivity index (χ3n) is 2.98. The Bertz CT molecular complexity index is 725. The molecule has 0 aliphatic carbocycles. The molecule has 0 fully saturated rings. The van der Waals surface area contributed by atoms with Crippen LogP contribution in [0.15, 0.2) is 60.8 Å². The van der Waals surface area contributed by atoms with Crippen molar-refractivity contribution in [2.75, 3.05) is 0 Å². The Hall–Kier alpha value is -2.42. The van der Waals surface area contributed by atoms with E-state index >= 15 is 0 Å². The number of halogens is 1. The summed E-state index contributed by atoms with van der Waals surface area (Å²) < 4.78 is 14.9. The van der Waals surface area contributed by atoms with Crippen molar-refractivity contribution >= 4 is 10.9 Å². The van der Waals surface area contributed by atoms with Gasteiger partial charge in [-0.2, -0.15) is 0 Å². The quantitative estimate of drug-likeness (QED) is 0.512. The average Bonchev–Trinajstić information content (AvgIpc) is 2.40. The van der Waals surface area contributed by atoms with Crippen molar-refractivity contribution in [2.45, 2.75) is 0 Å².